The number of nitrogens with zero attached hydrogens (tertiary/aromatic N) is 3. The fraction of sp³-hybridized carbons (Fsp3) is 0.417. The van der Waals surface area contributed by atoms with E-state index in [-0.39, 0.29) is 4.90 Å². The molecule has 0 bridgehead atoms. The van der Waals surface area contributed by atoms with Crippen LogP contribution in [0.1, 0.15) is 37.0 Å². The van der Waals surface area contributed by atoms with E-state index in [1.165, 1.54) is 23.5 Å². The van der Waals surface area contributed by atoms with E-state index in [1.807, 2.05) is 35.8 Å². The van der Waals surface area contributed by atoms with Crippen molar-refractivity contribution in [2.24, 2.45) is 10.9 Å². The Balaban J connectivity index is 1.60. The summed E-state index contributed by atoms with van der Waals surface area (Å²) in [6.45, 7) is 6.83. The summed E-state index contributed by atoms with van der Waals surface area (Å²) in [5.41, 5.74) is 1.36. The van der Waals surface area contributed by atoms with Gasteiger partial charge in [-0.1, -0.05) is 30.4 Å². The number of fused-ring (bicyclic) bond motifs is 1. The zero-order valence-corrected chi connectivity index (χ0v) is 20.6. The Morgan fingerprint density at radius 1 is 1.18 bits per heavy atom. The quantitative estimate of drug-likeness (QED) is 0.474. The lowest BCUT2D eigenvalue weighted by Gasteiger charge is -2.30. The molecule has 0 radical (unpaired) electrons. The highest BCUT2D eigenvalue weighted by molar-refractivity contribution is 7.89. The molecule has 9 heteroatoms. The Hall–Kier alpha value is -2.33. The van der Waals surface area contributed by atoms with Gasteiger partial charge in [0, 0.05) is 31.8 Å². The van der Waals surface area contributed by atoms with E-state index >= 15 is 0 Å². The molecular weight excluding hydrogens is 458 g/mol. The first-order valence-corrected chi connectivity index (χ1v) is 13.5. The zero-order valence-electron chi connectivity index (χ0n) is 18.9. The number of para-hydroxylation sites is 1. The first-order chi connectivity index (χ1) is 15.9. The van der Waals surface area contributed by atoms with Crippen LogP contribution >= 0.6 is 11.3 Å². The zero-order chi connectivity index (χ0) is 23.4. The predicted octanol–water partition coefficient (Wildman–Crippen LogP) is 3.90. The summed E-state index contributed by atoms with van der Waals surface area (Å²) in [4.78, 5) is 18.1. The number of ether oxygens (including phenoxy) is 1. The van der Waals surface area contributed by atoms with Crippen LogP contribution in [0.15, 0.2) is 58.4 Å². The topological polar surface area (TPSA) is 81.0 Å². The Morgan fingerprint density at radius 3 is 2.67 bits per heavy atom. The molecule has 1 aliphatic heterocycles. The Kier molecular flexibility index (Phi) is 7.43. The molecule has 3 aromatic rings. The normalized spacial score (nSPS) is 18.1. The van der Waals surface area contributed by atoms with Crippen molar-refractivity contribution in [3.63, 3.8) is 0 Å². The van der Waals surface area contributed by atoms with Crippen molar-refractivity contribution >= 4 is 37.5 Å². The number of thiazole rings is 1. The molecule has 0 aliphatic carbocycles. The molecule has 1 atom stereocenters. The van der Waals surface area contributed by atoms with Gasteiger partial charge in [0.05, 0.1) is 21.7 Å². The van der Waals surface area contributed by atoms with Crippen molar-refractivity contribution in [3.05, 3.63) is 58.9 Å². The van der Waals surface area contributed by atoms with E-state index in [0.717, 1.165) is 23.1 Å². The molecule has 0 N–H and O–H groups in total. The first kappa shape index (κ1) is 23.8. The van der Waals surface area contributed by atoms with Gasteiger partial charge in [-0.3, -0.25) is 4.79 Å². The summed E-state index contributed by atoms with van der Waals surface area (Å²) in [5.74, 6) is -0.0498. The molecule has 1 aliphatic rings. The van der Waals surface area contributed by atoms with Gasteiger partial charge < -0.3 is 9.30 Å². The summed E-state index contributed by atoms with van der Waals surface area (Å²) in [6.07, 6.45) is 1.91. The minimum absolute atomic E-state index is 0.210. The lowest BCUT2D eigenvalue weighted by atomic mass is 10.0. The van der Waals surface area contributed by atoms with Gasteiger partial charge in [0.25, 0.3) is 5.91 Å². The molecule has 1 fully saturated rings. The van der Waals surface area contributed by atoms with Gasteiger partial charge in [-0.2, -0.15) is 9.30 Å². The molecule has 0 spiro atoms. The number of rotatable bonds is 7. The highest BCUT2D eigenvalue weighted by atomic mass is 32.2. The smallest absolute Gasteiger partial charge is 0.279 e. The lowest BCUT2D eigenvalue weighted by molar-refractivity contribution is 0.0996. The molecule has 1 aromatic heterocycles. The second kappa shape index (κ2) is 10.3. The van der Waals surface area contributed by atoms with E-state index in [2.05, 4.69) is 11.9 Å². The first-order valence-electron chi connectivity index (χ1n) is 11.3. The second-order valence-electron chi connectivity index (χ2n) is 8.25. The van der Waals surface area contributed by atoms with Crippen molar-refractivity contribution in [1.29, 1.82) is 0 Å². The predicted molar refractivity (Wildman–Crippen MR) is 130 cm³/mol. The number of piperidine rings is 1. The van der Waals surface area contributed by atoms with E-state index in [1.54, 1.807) is 16.4 Å². The third kappa shape index (κ3) is 5.27. The average Bonchev–Trinajstić information content (AvgIpc) is 3.16. The number of benzene rings is 2. The maximum absolute atomic E-state index is 13.0. The molecule has 2 heterocycles. The van der Waals surface area contributed by atoms with Crippen molar-refractivity contribution in [2.75, 3.05) is 26.3 Å². The summed E-state index contributed by atoms with van der Waals surface area (Å²) >= 11 is 1.45. The second-order valence-corrected chi connectivity index (χ2v) is 11.2. The number of aromatic nitrogens is 1. The fourth-order valence-corrected chi connectivity index (χ4v) is 6.71. The monoisotopic (exact) mass is 487 g/mol. The van der Waals surface area contributed by atoms with Crippen LogP contribution in [0.4, 0.5) is 0 Å². The standard InChI is InChI=1S/C24H29N3O4S2/c1-3-31-16-15-27-21-8-4-5-9-22(21)32-24(27)25-23(28)19-10-12-20(13-11-19)33(29,30)26-14-6-7-18(2)17-26/h4-5,8-13,18H,3,6-7,14-17H2,1-2H3/t18-/m0/s1. The minimum atomic E-state index is -3.56. The molecule has 2 aromatic carbocycles. The van der Waals surface area contributed by atoms with Crippen molar-refractivity contribution in [2.45, 2.75) is 38.1 Å². The van der Waals surface area contributed by atoms with E-state index in [4.69, 9.17) is 4.74 Å². The lowest BCUT2D eigenvalue weighted by Crippen LogP contribution is -2.39. The van der Waals surface area contributed by atoms with Gasteiger partial charge in [0.1, 0.15) is 0 Å². The molecule has 33 heavy (non-hydrogen) atoms. The van der Waals surface area contributed by atoms with Gasteiger partial charge in [-0.25, -0.2) is 8.42 Å². The third-order valence-electron chi connectivity index (χ3n) is 5.81. The summed E-state index contributed by atoms with van der Waals surface area (Å²) in [7, 11) is -3.56. The van der Waals surface area contributed by atoms with Gasteiger partial charge >= 0.3 is 0 Å². The highest BCUT2D eigenvalue weighted by Crippen LogP contribution is 2.24. The van der Waals surface area contributed by atoms with Crippen LogP contribution in [-0.4, -0.2) is 49.5 Å². The van der Waals surface area contributed by atoms with Crippen LogP contribution in [0.3, 0.4) is 0 Å². The van der Waals surface area contributed by atoms with Crippen molar-refractivity contribution in [3.8, 4) is 0 Å². The molecule has 1 amide bonds. The summed E-state index contributed by atoms with van der Waals surface area (Å²) < 4.78 is 36.0. The third-order valence-corrected chi connectivity index (χ3v) is 8.75. The number of hydrogen-bond acceptors (Lipinski definition) is 5. The van der Waals surface area contributed by atoms with Crippen LogP contribution in [0, 0.1) is 5.92 Å². The van der Waals surface area contributed by atoms with E-state index < -0.39 is 15.9 Å². The summed E-state index contributed by atoms with van der Waals surface area (Å²) in [5, 5.41) is 0. The molecule has 7 nitrogen and oxygen atoms in total. The molecule has 176 valence electrons. The van der Waals surface area contributed by atoms with Crippen LogP contribution in [0.2, 0.25) is 0 Å². The molecular formula is C24H29N3O4S2. The SMILES string of the molecule is CCOCCn1c(=NC(=O)c2ccc(S(=O)(=O)N3CCC[C@H](C)C3)cc2)sc2ccccc21. The van der Waals surface area contributed by atoms with Gasteiger partial charge in [-0.05, 0) is 62.1 Å². The number of amides is 1. The van der Waals surface area contributed by atoms with Crippen LogP contribution < -0.4 is 4.80 Å². The van der Waals surface area contributed by atoms with Gasteiger partial charge in [-0.15, -0.1) is 0 Å². The van der Waals surface area contributed by atoms with Crippen molar-refractivity contribution < 1.29 is 17.9 Å². The van der Waals surface area contributed by atoms with Gasteiger partial charge in [0.15, 0.2) is 4.80 Å². The van der Waals surface area contributed by atoms with Crippen LogP contribution in [-0.2, 0) is 21.3 Å². The van der Waals surface area contributed by atoms with Crippen molar-refractivity contribution in [1.82, 2.24) is 8.87 Å². The number of hydrogen-bond donors (Lipinski definition) is 0. The highest BCUT2D eigenvalue weighted by Gasteiger charge is 2.28. The molecule has 0 saturated carbocycles. The average molecular weight is 488 g/mol. The Labute approximate surface area is 198 Å². The maximum atomic E-state index is 13.0. The maximum Gasteiger partial charge on any atom is 0.279 e. The van der Waals surface area contributed by atoms with Crippen LogP contribution in [0.5, 0.6) is 0 Å². The van der Waals surface area contributed by atoms with Crippen LogP contribution in [0.25, 0.3) is 10.2 Å². The molecule has 0 unspecified atom stereocenters. The number of carbonyl (C=O) groups excluding carboxylic acids is 1. The molecule has 1 saturated heterocycles. The minimum Gasteiger partial charge on any atom is -0.380 e. The van der Waals surface area contributed by atoms with E-state index in [0.29, 0.717) is 49.1 Å². The van der Waals surface area contributed by atoms with Gasteiger partial charge in [0.2, 0.25) is 10.0 Å². The largest absolute Gasteiger partial charge is 0.380 e. The Morgan fingerprint density at radius 2 is 1.94 bits per heavy atom. The Bertz CT molecular complexity index is 1290. The fourth-order valence-electron chi connectivity index (χ4n) is 4.06. The summed E-state index contributed by atoms with van der Waals surface area (Å²) in [6, 6.07) is 14.0. The number of carbonyl (C=O) groups is 1. The number of sulfonamides is 1. The van der Waals surface area contributed by atoms with E-state index in [9.17, 15) is 13.2 Å². The molecule has 4 rings (SSSR count).